The van der Waals surface area contributed by atoms with Crippen molar-refractivity contribution in [3.05, 3.63) is 30.3 Å². The van der Waals surface area contributed by atoms with Crippen molar-refractivity contribution in [1.29, 1.82) is 0 Å². The number of aromatic hydroxyl groups is 2. The molecule has 0 heterocycles. The van der Waals surface area contributed by atoms with Crippen LogP contribution in [0.15, 0.2) is 29.2 Å². The fourth-order valence-corrected chi connectivity index (χ4v) is 2.26. The molecule has 0 saturated heterocycles. The SMILES string of the molecule is O=S(=O)(O)c1c(O)[c]c(O)c2ccccc12. The molecule has 0 aliphatic carbocycles. The van der Waals surface area contributed by atoms with Gasteiger partial charge in [-0.3, -0.25) is 4.55 Å². The molecule has 5 nitrogen and oxygen atoms in total. The lowest BCUT2D eigenvalue weighted by Crippen LogP contribution is -1.99. The molecular weight excluding hydrogens is 232 g/mol. The van der Waals surface area contributed by atoms with Crippen LogP contribution < -0.4 is 0 Å². The Morgan fingerprint density at radius 3 is 2.12 bits per heavy atom. The number of phenolic OH excluding ortho intramolecular Hbond substituents is 2. The van der Waals surface area contributed by atoms with E-state index in [1.165, 1.54) is 18.2 Å². The van der Waals surface area contributed by atoms with Crippen LogP contribution in [0.2, 0.25) is 0 Å². The lowest BCUT2D eigenvalue weighted by atomic mass is 10.1. The molecule has 2 aromatic carbocycles. The third-order valence-corrected chi connectivity index (χ3v) is 3.07. The van der Waals surface area contributed by atoms with Crippen LogP contribution in [0.25, 0.3) is 10.8 Å². The Balaban J connectivity index is 3.05. The summed E-state index contributed by atoms with van der Waals surface area (Å²) in [5.74, 6) is -1.18. The highest BCUT2D eigenvalue weighted by Gasteiger charge is 2.21. The van der Waals surface area contributed by atoms with Gasteiger partial charge in [0.15, 0.2) is 0 Å². The molecule has 16 heavy (non-hydrogen) atoms. The average Bonchev–Trinajstić information content (AvgIpc) is 2.15. The molecule has 2 aromatic rings. The van der Waals surface area contributed by atoms with E-state index < -0.39 is 20.8 Å². The number of rotatable bonds is 1. The van der Waals surface area contributed by atoms with Crippen molar-refractivity contribution in [3.8, 4) is 11.5 Å². The van der Waals surface area contributed by atoms with Crippen LogP contribution in [-0.4, -0.2) is 23.2 Å². The van der Waals surface area contributed by atoms with E-state index in [2.05, 4.69) is 6.07 Å². The van der Waals surface area contributed by atoms with Gasteiger partial charge in [-0.1, -0.05) is 24.3 Å². The van der Waals surface area contributed by atoms with E-state index in [9.17, 15) is 18.6 Å². The molecule has 0 spiro atoms. The van der Waals surface area contributed by atoms with Gasteiger partial charge >= 0.3 is 0 Å². The molecular formula is C10H7O5S. The van der Waals surface area contributed by atoms with Crippen molar-refractivity contribution >= 4 is 20.9 Å². The molecule has 0 saturated carbocycles. The Hall–Kier alpha value is -1.79. The number of phenols is 2. The molecule has 0 aliphatic heterocycles. The minimum Gasteiger partial charge on any atom is -0.507 e. The lowest BCUT2D eigenvalue weighted by Gasteiger charge is -2.07. The molecule has 3 N–H and O–H groups in total. The Labute approximate surface area is 91.3 Å². The number of fused-ring (bicyclic) bond motifs is 1. The third-order valence-electron chi connectivity index (χ3n) is 2.14. The summed E-state index contributed by atoms with van der Waals surface area (Å²) in [6.07, 6.45) is 0. The maximum Gasteiger partial charge on any atom is 0.298 e. The van der Waals surface area contributed by atoms with Crippen molar-refractivity contribution < 1.29 is 23.2 Å². The summed E-state index contributed by atoms with van der Waals surface area (Å²) >= 11 is 0. The van der Waals surface area contributed by atoms with E-state index in [4.69, 9.17) is 4.55 Å². The summed E-state index contributed by atoms with van der Waals surface area (Å²) in [5, 5.41) is 19.0. The lowest BCUT2D eigenvalue weighted by molar-refractivity contribution is 0.434. The quantitative estimate of drug-likeness (QED) is 0.652. The van der Waals surface area contributed by atoms with E-state index in [-0.39, 0.29) is 16.5 Å². The summed E-state index contributed by atoms with van der Waals surface area (Å²) in [4.78, 5) is -0.652. The highest BCUT2D eigenvalue weighted by Crippen LogP contribution is 2.36. The Morgan fingerprint density at radius 1 is 1.00 bits per heavy atom. The maximum absolute atomic E-state index is 11.1. The van der Waals surface area contributed by atoms with Gasteiger partial charge in [0, 0.05) is 10.8 Å². The molecule has 0 aromatic heterocycles. The predicted molar refractivity (Wildman–Crippen MR) is 55.9 cm³/mol. The normalized spacial score (nSPS) is 11.8. The van der Waals surface area contributed by atoms with Crippen LogP contribution in [0.1, 0.15) is 0 Å². The molecule has 0 unspecified atom stereocenters. The molecule has 6 heteroatoms. The molecule has 2 rings (SSSR count). The first kappa shape index (κ1) is 10.7. The van der Waals surface area contributed by atoms with Crippen LogP contribution >= 0.6 is 0 Å². The Morgan fingerprint density at radius 2 is 1.56 bits per heavy atom. The topological polar surface area (TPSA) is 94.8 Å². The van der Waals surface area contributed by atoms with Gasteiger partial charge in [0.05, 0.1) is 6.07 Å². The molecule has 0 atom stereocenters. The van der Waals surface area contributed by atoms with Gasteiger partial charge in [-0.15, -0.1) is 0 Å². The van der Waals surface area contributed by atoms with E-state index in [1.54, 1.807) is 6.07 Å². The molecule has 0 aliphatic rings. The minimum absolute atomic E-state index is 0.0405. The van der Waals surface area contributed by atoms with Gasteiger partial charge in [-0.2, -0.15) is 8.42 Å². The molecule has 0 fully saturated rings. The van der Waals surface area contributed by atoms with Crippen molar-refractivity contribution in [2.24, 2.45) is 0 Å². The predicted octanol–water partition coefficient (Wildman–Crippen LogP) is 1.30. The third kappa shape index (κ3) is 1.58. The van der Waals surface area contributed by atoms with Gasteiger partial charge in [0.2, 0.25) is 0 Å². The molecule has 1 radical (unpaired) electrons. The first-order valence-electron chi connectivity index (χ1n) is 4.24. The van der Waals surface area contributed by atoms with Gasteiger partial charge < -0.3 is 10.2 Å². The summed E-state index contributed by atoms with van der Waals surface area (Å²) in [6, 6.07) is 7.99. The summed E-state index contributed by atoms with van der Waals surface area (Å²) < 4.78 is 31.1. The van der Waals surface area contributed by atoms with Crippen molar-refractivity contribution in [3.63, 3.8) is 0 Å². The van der Waals surface area contributed by atoms with Crippen LogP contribution in [0, 0.1) is 6.07 Å². The van der Waals surface area contributed by atoms with Crippen molar-refractivity contribution in [2.75, 3.05) is 0 Å². The second kappa shape index (κ2) is 3.36. The zero-order chi connectivity index (χ0) is 11.9. The first-order valence-corrected chi connectivity index (χ1v) is 5.68. The summed E-state index contributed by atoms with van der Waals surface area (Å²) in [7, 11) is -4.57. The monoisotopic (exact) mass is 239 g/mol. The van der Waals surface area contributed by atoms with Gasteiger partial charge in [-0.25, -0.2) is 0 Å². The molecule has 0 bridgehead atoms. The number of benzene rings is 2. The average molecular weight is 239 g/mol. The van der Waals surface area contributed by atoms with E-state index in [0.717, 1.165) is 0 Å². The summed E-state index contributed by atoms with van der Waals surface area (Å²) in [6.45, 7) is 0. The zero-order valence-corrected chi connectivity index (χ0v) is 8.69. The van der Waals surface area contributed by atoms with Crippen molar-refractivity contribution in [1.82, 2.24) is 0 Å². The van der Waals surface area contributed by atoms with Crippen molar-refractivity contribution in [2.45, 2.75) is 4.90 Å². The number of hydrogen-bond acceptors (Lipinski definition) is 4. The fraction of sp³-hybridized carbons (Fsp3) is 0. The van der Waals surface area contributed by atoms with E-state index >= 15 is 0 Å². The highest BCUT2D eigenvalue weighted by molar-refractivity contribution is 7.86. The second-order valence-corrected chi connectivity index (χ2v) is 4.53. The second-order valence-electron chi connectivity index (χ2n) is 3.17. The standard InChI is InChI=1S/C10H7O5S/c11-8-5-9(12)10(16(13,14)15)7-4-2-1-3-6(7)8/h1-4,11-12H,(H,13,14,15). The number of hydrogen-bond donors (Lipinski definition) is 3. The Bertz CT molecular complexity index is 660. The van der Waals surface area contributed by atoms with E-state index in [1.807, 2.05) is 0 Å². The zero-order valence-electron chi connectivity index (χ0n) is 7.88. The van der Waals surface area contributed by atoms with Crippen LogP contribution in [-0.2, 0) is 10.1 Å². The highest BCUT2D eigenvalue weighted by atomic mass is 32.2. The minimum atomic E-state index is -4.57. The van der Waals surface area contributed by atoms with Gasteiger partial charge in [-0.05, 0) is 0 Å². The van der Waals surface area contributed by atoms with Crippen LogP contribution in [0.4, 0.5) is 0 Å². The van der Waals surface area contributed by atoms with E-state index in [0.29, 0.717) is 0 Å². The Kier molecular flexibility index (Phi) is 2.25. The van der Waals surface area contributed by atoms with Gasteiger partial charge in [0.1, 0.15) is 16.4 Å². The first-order chi connectivity index (χ1) is 7.41. The maximum atomic E-state index is 11.1. The fourth-order valence-electron chi connectivity index (χ4n) is 1.51. The van der Waals surface area contributed by atoms with Crippen LogP contribution in [0.3, 0.4) is 0 Å². The largest absolute Gasteiger partial charge is 0.507 e. The molecule has 0 amide bonds. The summed E-state index contributed by atoms with van der Waals surface area (Å²) in [5.41, 5.74) is 0. The van der Waals surface area contributed by atoms with Gasteiger partial charge in [0.25, 0.3) is 10.1 Å². The smallest absolute Gasteiger partial charge is 0.298 e. The van der Waals surface area contributed by atoms with Crippen LogP contribution in [0.5, 0.6) is 11.5 Å². The molecule has 83 valence electrons.